The van der Waals surface area contributed by atoms with E-state index in [1.807, 2.05) is 0 Å². The first-order valence-corrected chi connectivity index (χ1v) is 6.44. The molecule has 0 radical (unpaired) electrons. The van der Waals surface area contributed by atoms with E-state index in [1.54, 1.807) is 19.1 Å². The third-order valence-electron chi connectivity index (χ3n) is 2.48. The Labute approximate surface area is 99.6 Å². The Morgan fingerprint density at radius 1 is 1.12 bits per heavy atom. The fraction of sp³-hybridized carbons (Fsp3) is 0.0833. The zero-order valence-electron chi connectivity index (χ0n) is 9.20. The number of hydrogen-bond acceptors (Lipinski definition) is 3. The number of hydrogen-bond donors (Lipinski definition) is 0. The van der Waals surface area contributed by atoms with Gasteiger partial charge in [-0.3, -0.25) is 4.79 Å². The van der Waals surface area contributed by atoms with Crippen LogP contribution in [0.15, 0.2) is 47.5 Å². The first kappa shape index (κ1) is 11.6. The molecule has 0 N–H and O–H groups in total. The summed E-state index contributed by atoms with van der Waals surface area (Å²) in [4.78, 5) is 10.7. The summed E-state index contributed by atoms with van der Waals surface area (Å²) in [5.41, 5.74) is 1.10. The SMILES string of the molecule is Cc1cccn1S(=O)(=O)c1ccc(C=O)cc1. The Morgan fingerprint density at radius 2 is 1.76 bits per heavy atom. The molecule has 1 heterocycles. The van der Waals surface area contributed by atoms with Crippen molar-refractivity contribution < 1.29 is 13.2 Å². The minimum absolute atomic E-state index is 0.169. The zero-order chi connectivity index (χ0) is 12.5. The van der Waals surface area contributed by atoms with Gasteiger partial charge in [0, 0.05) is 17.5 Å². The molecule has 0 spiro atoms. The summed E-state index contributed by atoms with van der Waals surface area (Å²) >= 11 is 0. The second kappa shape index (κ2) is 4.18. The number of nitrogens with zero attached hydrogens (tertiary/aromatic N) is 1. The molecule has 0 unspecified atom stereocenters. The van der Waals surface area contributed by atoms with Crippen LogP contribution in [0.2, 0.25) is 0 Å². The second-order valence-corrected chi connectivity index (χ2v) is 5.45. The van der Waals surface area contributed by atoms with Crippen molar-refractivity contribution in [1.82, 2.24) is 3.97 Å². The Morgan fingerprint density at radius 3 is 2.24 bits per heavy atom. The van der Waals surface area contributed by atoms with Crippen LogP contribution >= 0.6 is 0 Å². The number of benzene rings is 1. The van der Waals surface area contributed by atoms with Crippen LogP contribution in [0.1, 0.15) is 16.1 Å². The maximum Gasteiger partial charge on any atom is 0.267 e. The predicted octanol–water partition coefficient (Wildman–Crippen LogP) is 1.85. The van der Waals surface area contributed by atoms with E-state index in [1.165, 1.54) is 34.4 Å². The largest absolute Gasteiger partial charge is 0.298 e. The van der Waals surface area contributed by atoms with Gasteiger partial charge >= 0.3 is 0 Å². The van der Waals surface area contributed by atoms with Gasteiger partial charge in [0.2, 0.25) is 0 Å². The van der Waals surface area contributed by atoms with Crippen LogP contribution in [0.3, 0.4) is 0 Å². The van der Waals surface area contributed by atoms with Gasteiger partial charge in [0.1, 0.15) is 6.29 Å². The third kappa shape index (κ3) is 2.01. The van der Waals surface area contributed by atoms with E-state index in [2.05, 4.69) is 0 Å². The number of aryl methyl sites for hydroxylation is 1. The lowest BCUT2D eigenvalue weighted by atomic mass is 10.2. The van der Waals surface area contributed by atoms with Gasteiger partial charge in [-0.25, -0.2) is 12.4 Å². The fourth-order valence-corrected chi connectivity index (χ4v) is 2.93. The van der Waals surface area contributed by atoms with Crippen LogP contribution in [0.5, 0.6) is 0 Å². The van der Waals surface area contributed by atoms with Crippen molar-refractivity contribution in [3.63, 3.8) is 0 Å². The molecule has 0 saturated carbocycles. The second-order valence-electron chi connectivity index (χ2n) is 3.64. The highest BCUT2D eigenvalue weighted by Gasteiger charge is 2.17. The molecule has 0 atom stereocenters. The monoisotopic (exact) mass is 249 g/mol. The third-order valence-corrected chi connectivity index (χ3v) is 4.27. The average molecular weight is 249 g/mol. The topological polar surface area (TPSA) is 56.1 Å². The maximum atomic E-state index is 12.2. The molecule has 0 aliphatic carbocycles. The highest BCUT2D eigenvalue weighted by molar-refractivity contribution is 7.90. The lowest BCUT2D eigenvalue weighted by molar-refractivity contribution is 0.112. The molecule has 17 heavy (non-hydrogen) atoms. The van der Waals surface area contributed by atoms with Crippen molar-refractivity contribution in [1.29, 1.82) is 0 Å². The molecule has 0 aliphatic heterocycles. The van der Waals surface area contributed by atoms with Crippen molar-refractivity contribution >= 4 is 16.3 Å². The van der Waals surface area contributed by atoms with Crippen molar-refractivity contribution in [2.75, 3.05) is 0 Å². The van der Waals surface area contributed by atoms with Crippen molar-refractivity contribution in [2.45, 2.75) is 11.8 Å². The number of carbonyl (C=O) groups excluding carboxylic acids is 1. The fourth-order valence-electron chi connectivity index (χ4n) is 1.55. The standard InChI is InChI=1S/C12H11NO3S/c1-10-3-2-8-13(10)17(15,16)12-6-4-11(9-14)5-7-12/h2-9H,1H3. The maximum absolute atomic E-state index is 12.2. The predicted molar refractivity (Wildman–Crippen MR) is 63.6 cm³/mol. The lowest BCUT2D eigenvalue weighted by Crippen LogP contribution is -2.13. The minimum atomic E-state index is -3.55. The van der Waals surface area contributed by atoms with Crippen molar-refractivity contribution in [2.24, 2.45) is 0 Å². The van der Waals surface area contributed by atoms with Crippen molar-refractivity contribution in [3.8, 4) is 0 Å². The smallest absolute Gasteiger partial charge is 0.267 e. The Bertz CT molecular complexity index is 639. The molecule has 2 rings (SSSR count). The van der Waals surface area contributed by atoms with Gasteiger partial charge in [-0.1, -0.05) is 12.1 Å². The highest BCUT2D eigenvalue weighted by Crippen LogP contribution is 2.16. The summed E-state index contributed by atoms with van der Waals surface area (Å²) in [7, 11) is -3.55. The summed E-state index contributed by atoms with van der Waals surface area (Å²) < 4.78 is 25.6. The molecule has 0 saturated heterocycles. The van der Waals surface area contributed by atoms with E-state index in [9.17, 15) is 13.2 Å². The molecule has 5 heteroatoms. The molecule has 2 aromatic rings. The van der Waals surface area contributed by atoms with E-state index in [4.69, 9.17) is 0 Å². The van der Waals surface area contributed by atoms with Gasteiger partial charge in [0.05, 0.1) is 4.90 Å². The van der Waals surface area contributed by atoms with E-state index < -0.39 is 10.0 Å². The molecular formula is C12H11NO3S. The average Bonchev–Trinajstić information content (AvgIpc) is 2.76. The Hall–Kier alpha value is -1.88. The molecule has 4 nitrogen and oxygen atoms in total. The Kier molecular flexibility index (Phi) is 2.85. The van der Waals surface area contributed by atoms with Crippen LogP contribution in [0.4, 0.5) is 0 Å². The summed E-state index contributed by atoms with van der Waals surface area (Å²) in [5, 5.41) is 0. The van der Waals surface area contributed by atoms with Gasteiger partial charge in [-0.2, -0.15) is 0 Å². The first-order valence-electron chi connectivity index (χ1n) is 5.00. The van der Waals surface area contributed by atoms with Crippen molar-refractivity contribution in [3.05, 3.63) is 53.9 Å². The molecule has 0 bridgehead atoms. The lowest BCUT2D eigenvalue weighted by Gasteiger charge is -2.07. The highest BCUT2D eigenvalue weighted by atomic mass is 32.2. The Balaban J connectivity index is 2.52. The molecule has 1 aromatic heterocycles. The minimum Gasteiger partial charge on any atom is -0.298 e. The van der Waals surface area contributed by atoms with Crippen LogP contribution in [0.25, 0.3) is 0 Å². The summed E-state index contributed by atoms with van der Waals surface area (Å²) in [6.07, 6.45) is 2.18. The van der Waals surface area contributed by atoms with Crippen LogP contribution in [-0.4, -0.2) is 18.7 Å². The molecule has 1 aromatic carbocycles. The quantitative estimate of drug-likeness (QED) is 0.780. The number of aldehydes is 1. The molecule has 0 amide bonds. The van der Waals surface area contributed by atoms with Gasteiger partial charge in [0.25, 0.3) is 10.0 Å². The summed E-state index contributed by atoms with van der Waals surface area (Å²) in [5.74, 6) is 0. The van der Waals surface area contributed by atoms with Crippen LogP contribution in [-0.2, 0) is 10.0 Å². The van der Waals surface area contributed by atoms with E-state index >= 15 is 0 Å². The van der Waals surface area contributed by atoms with E-state index in [-0.39, 0.29) is 4.90 Å². The van der Waals surface area contributed by atoms with Gasteiger partial charge in [0.15, 0.2) is 0 Å². The summed E-state index contributed by atoms with van der Waals surface area (Å²) in [6, 6.07) is 9.22. The van der Waals surface area contributed by atoms with Crippen LogP contribution in [0, 0.1) is 6.92 Å². The zero-order valence-corrected chi connectivity index (χ0v) is 10.0. The van der Waals surface area contributed by atoms with E-state index in [0.717, 1.165) is 0 Å². The number of carbonyl (C=O) groups is 1. The normalized spacial score (nSPS) is 11.4. The van der Waals surface area contributed by atoms with Crippen LogP contribution < -0.4 is 0 Å². The molecule has 0 aliphatic rings. The summed E-state index contributed by atoms with van der Waals surface area (Å²) in [6.45, 7) is 1.72. The number of aromatic nitrogens is 1. The first-order chi connectivity index (χ1) is 8.05. The molecule has 88 valence electrons. The van der Waals surface area contributed by atoms with Gasteiger partial charge in [-0.15, -0.1) is 0 Å². The van der Waals surface area contributed by atoms with Gasteiger partial charge < -0.3 is 0 Å². The molecular weight excluding hydrogens is 238 g/mol. The van der Waals surface area contributed by atoms with E-state index in [0.29, 0.717) is 17.5 Å². The van der Waals surface area contributed by atoms with Gasteiger partial charge in [-0.05, 0) is 31.2 Å². The molecule has 0 fully saturated rings. The number of rotatable bonds is 3.